The zero-order chi connectivity index (χ0) is 19.6. The van der Waals surface area contributed by atoms with Gasteiger partial charge in [0.05, 0.1) is 0 Å². The van der Waals surface area contributed by atoms with Gasteiger partial charge in [-0.25, -0.2) is 0 Å². The van der Waals surface area contributed by atoms with Crippen molar-refractivity contribution in [3.8, 4) is 0 Å². The molecule has 0 aromatic heterocycles. The third-order valence-corrected chi connectivity index (χ3v) is 4.75. The molecule has 0 unspecified atom stereocenters. The first-order valence-electron chi connectivity index (χ1n) is 12.1. The molecule has 0 rings (SSSR count). The molecule has 26 heavy (non-hydrogen) atoms. The highest BCUT2D eigenvalue weighted by Gasteiger charge is 1.94. The Morgan fingerprint density at radius 1 is 0.423 bits per heavy atom. The smallest absolute Gasteiger partial charge is 0.0463 e. The fraction of sp³-hybridized carbons (Fsp3) is 1.00. The number of unbranched alkanes of at least 4 members (excludes halogenated alkanes) is 15. The predicted octanol–water partition coefficient (Wildman–Crippen LogP) is 8.03. The predicted molar refractivity (Wildman–Crippen MR) is 120 cm³/mol. The van der Waals surface area contributed by atoms with Crippen molar-refractivity contribution >= 4 is 0 Å². The van der Waals surface area contributed by atoms with E-state index in [1.165, 1.54) is 103 Å². The van der Waals surface area contributed by atoms with Crippen LogP contribution in [0.1, 0.15) is 136 Å². The van der Waals surface area contributed by atoms with E-state index >= 15 is 0 Å². The highest BCUT2D eigenvalue weighted by molar-refractivity contribution is 4.50. The third-order valence-electron chi connectivity index (χ3n) is 4.75. The van der Waals surface area contributed by atoms with E-state index in [-0.39, 0.29) is 0 Å². The zero-order valence-electron chi connectivity index (χ0n) is 18.8. The van der Waals surface area contributed by atoms with Crippen LogP contribution in [0, 0.1) is 0 Å². The summed E-state index contributed by atoms with van der Waals surface area (Å²) in [6, 6.07) is 0. The van der Waals surface area contributed by atoms with Crippen molar-refractivity contribution in [2.24, 2.45) is 5.73 Å². The van der Waals surface area contributed by atoms with Crippen molar-refractivity contribution in [1.82, 2.24) is 0 Å². The molecular formula is C24H53NO. The Balaban J connectivity index is 0. The number of ether oxygens (including phenoxy) is 1. The second kappa shape index (κ2) is 29.7. The molecule has 0 aliphatic carbocycles. The standard InChI is InChI=1S/C18H39N.C6H14O/c1-2-3-4-5-6-7-8-9-10-11-12-13-14-15-16-17-18-19;1-3-5-7-6-4-2/h2-19H2,1H3;3-6H2,1-2H3. The maximum Gasteiger partial charge on any atom is 0.0463 e. The molecule has 0 aromatic rings. The van der Waals surface area contributed by atoms with Gasteiger partial charge in [-0.15, -0.1) is 0 Å². The Bertz CT molecular complexity index is 188. The molecule has 0 saturated carbocycles. The minimum Gasteiger partial charge on any atom is -0.381 e. The average molecular weight is 372 g/mol. The first-order chi connectivity index (χ1) is 12.8. The molecule has 0 fully saturated rings. The van der Waals surface area contributed by atoms with Crippen LogP contribution >= 0.6 is 0 Å². The molecule has 0 aliphatic heterocycles. The van der Waals surface area contributed by atoms with Crippen LogP contribution in [0.2, 0.25) is 0 Å². The van der Waals surface area contributed by atoms with E-state index in [9.17, 15) is 0 Å². The van der Waals surface area contributed by atoms with Crippen molar-refractivity contribution in [2.75, 3.05) is 19.8 Å². The molecular weight excluding hydrogens is 318 g/mol. The summed E-state index contributed by atoms with van der Waals surface area (Å²) in [6.07, 6.45) is 25.1. The first-order valence-corrected chi connectivity index (χ1v) is 12.1. The molecule has 2 N–H and O–H groups in total. The summed E-state index contributed by atoms with van der Waals surface area (Å²) in [6.45, 7) is 9.25. The normalized spacial score (nSPS) is 10.6. The largest absolute Gasteiger partial charge is 0.381 e. The molecule has 0 spiro atoms. The monoisotopic (exact) mass is 371 g/mol. The van der Waals surface area contributed by atoms with E-state index in [0.717, 1.165) is 32.6 Å². The maximum atomic E-state index is 5.48. The van der Waals surface area contributed by atoms with Gasteiger partial charge in [0, 0.05) is 13.2 Å². The quantitative estimate of drug-likeness (QED) is 0.220. The van der Waals surface area contributed by atoms with Gasteiger partial charge < -0.3 is 10.5 Å². The van der Waals surface area contributed by atoms with Gasteiger partial charge in [0.2, 0.25) is 0 Å². The minimum absolute atomic E-state index is 0.873. The highest BCUT2D eigenvalue weighted by atomic mass is 16.5. The van der Waals surface area contributed by atoms with Crippen LogP contribution in [0.5, 0.6) is 0 Å². The van der Waals surface area contributed by atoms with E-state index in [0.29, 0.717) is 0 Å². The molecule has 0 bridgehead atoms. The van der Waals surface area contributed by atoms with Crippen molar-refractivity contribution in [2.45, 2.75) is 136 Å². The van der Waals surface area contributed by atoms with Crippen LogP contribution in [0.3, 0.4) is 0 Å². The van der Waals surface area contributed by atoms with E-state index in [1.54, 1.807) is 0 Å². The van der Waals surface area contributed by atoms with E-state index in [1.807, 2.05) is 0 Å². The molecule has 0 amide bonds. The first kappa shape index (κ1) is 28.1. The van der Waals surface area contributed by atoms with E-state index in [4.69, 9.17) is 10.5 Å². The Morgan fingerprint density at radius 3 is 1.00 bits per heavy atom. The van der Waals surface area contributed by atoms with Gasteiger partial charge in [-0.1, -0.05) is 117 Å². The van der Waals surface area contributed by atoms with Crippen LogP contribution < -0.4 is 5.73 Å². The Hall–Kier alpha value is -0.0800. The van der Waals surface area contributed by atoms with Gasteiger partial charge in [0.1, 0.15) is 0 Å². The molecule has 0 atom stereocenters. The van der Waals surface area contributed by atoms with Crippen LogP contribution in [0.25, 0.3) is 0 Å². The average Bonchev–Trinajstić information content (AvgIpc) is 2.66. The van der Waals surface area contributed by atoms with Crippen molar-refractivity contribution in [3.63, 3.8) is 0 Å². The number of hydrogen-bond acceptors (Lipinski definition) is 2. The second-order valence-electron chi connectivity index (χ2n) is 7.70. The summed E-state index contributed by atoms with van der Waals surface area (Å²) < 4.78 is 5.13. The van der Waals surface area contributed by atoms with E-state index in [2.05, 4.69) is 20.8 Å². The molecule has 160 valence electrons. The van der Waals surface area contributed by atoms with Gasteiger partial charge in [-0.2, -0.15) is 0 Å². The number of rotatable bonds is 20. The summed E-state index contributed by atoms with van der Waals surface area (Å²) >= 11 is 0. The lowest BCUT2D eigenvalue weighted by Gasteiger charge is -2.03. The molecule has 2 heteroatoms. The van der Waals surface area contributed by atoms with Crippen LogP contribution in [0.15, 0.2) is 0 Å². The molecule has 0 aromatic carbocycles. The summed E-state index contributed by atoms with van der Waals surface area (Å²) in [5, 5.41) is 0. The van der Waals surface area contributed by atoms with Crippen molar-refractivity contribution in [3.05, 3.63) is 0 Å². The second-order valence-corrected chi connectivity index (χ2v) is 7.70. The minimum atomic E-state index is 0.873. The fourth-order valence-corrected chi connectivity index (χ4v) is 3.08. The summed E-state index contributed by atoms with van der Waals surface area (Å²) in [5.74, 6) is 0. The van der Waals surface area contributed by atoms with Gasteiger partial charge in [0.15, 0.2) is 0 Å². The number of hydrogen-bond donors (Lipinski definition) is 1. The lowest BCUT2D eigenvalue weighted by Crippen LogP contribution is -1.97. The van der Waals surface area contributed by atoms with Crippen LogP contribution in [-0.4, -0.2) is 19.8 Å². The Labute approximate surface area is 167 Å². The van der Waals surface area contributed by atoms with Crippen LogP contribution in [0.4, 0.5) is 0 Å². The zero-order valence-corrected chi connectivity index (χ0v) is 18.8. The molecule has 0 heterocycles. The Morgan fingerprint density at radius 2 is 0.731 bits per heavy atom. The van der Waals surface area contributed by atoms with Crippen molar-refractivity contribution in [1.29, 1.82) is 0 Å². The summed E-state index contributed by atoms with van der Waals surface area (Å²) in [5.41, 5.74) is 5.48. The lowest BCUT2D eigenvalue weighted by molar-refractivity contribution is 0.135. The molecule has 2 nitrogen and oxygen atoms in total. The van der Waals surface area contributed by atoms with E-state index < -0.39 is 0 Å². The van der Waals surface area contributed by atoms with Crippen molar-refractivity contribution < 1.29 is 4.74 Å². The molecule has 0 aliphatic rings. The van der Waals surface area contributed by atoms with Gasteiger partial charge in [0.25, 0.3) is 0 Å². The fourth-order valence-electron chi connectivity index (χ4n) is 3.08. The lowest BCUT2D eigenvalue weighted by atomic mass is 10.0. The third kappa shape index (κ3) is 31.7. The van der Waals surface area contributed by atoms with Gasteiger partial charge >= 0.3 is 0 Å². The number of nitrogens with two attached hydrogens (primary N) is 1. The Kier molecular flexibility index (Phi) is 32.1. The SMILES string of the molecule is CCCCCCCCCCCCCCCCCCN.CCCOCCC. The van der Waals surface area contributed by atoms with Gasteiger partial charge in [-0.05, 0) is 25.8 Å². The molecule has 0 radical (unpaired) electrons. The summed E-state index contributed by atoms with van der Waals surface area (Å²) in [7, 11) is 0. The van der Waals surface area contributed by atoms with Crippen LogP contribution in [-0.2, 0) is 4.74 Å². The highest BCUT2D eigenvalue weighted by Crippen LogP contribution is 2.13. The maximum absolute atomic E-state index is 5.48. The van der Waals surface area contributed by atoms with Gasteiger partial charge in [-0.3, -0.25) is 0 Å². The molecule has 0 saturated heterocycles. The summed E-state index contributed by atoms with van der Waals surface area (Å²) in [4.78, 5) is 0. The topological polar surface area (TPSA) is 35.2 Å².